The van der Waals surface area contributed by atoms with Crippen LogP contribution < -0.4 is 19.6 Å². The lowest BCUT2D eigenvalue weighted by atomic mass is 9.96. The summed E-state index contributed by atoms with van der Waals surface area (Å²) < 4.78 is 14.1. The van der Waals surface area contributed by atoms with Crippen molar-refractivity contribution in [3.05, 3.63) is 78.2 Å². The highest BCUT2D eigenvalue weighted by Crippen LogP contribution is 2.31. The summed E-state index contributed by atoms with van der Waals surface area (Å²) in [5.41, 5.74) is 3.09. The molecule has 1 aliphatic heterocycles. The van der Waals surface area contributed by atoms with Gasteiger partial charge in [-0.15, -0.1) is 0 Å². The molecular formula is C22H22N4O4S. The summed E-state index contributed by atoms with van der Waals surface area (Å²) in [7, 11) is 4.74. The smallest absolute Gasteiger partial charge is 0.338 e. The van der Waals surface area contributed by atoms with E-state index in [1.165, 1.54) is 18.4 Å². The molecule has 0 amide bonds. The highest BCUT2D eigenvalue weighted by molar-refractivity contribution is 7.07. The minimum atomic E-state index is -0.647. The Hall–Kier alpha value is -3.46. The van der Waals surface area contributed by atoms with Gasteiger partial charge in [0.2, 0.25) is 0 Å². The monoisotopic (exact) mass is 438 g/mol. The van der Waals surface area contributed by atoms with Gasteiger partial charge in [0, 0.05) is 18.8 Å². The molecule has 3 heterocycles. The van der Waals surface area contributed by atoms with Crippen LogP contribution in [-0.2, 0) is 16.6 Å². The highest BCUT2D eigenvalue weighted by Gasteiger charge is 2.33. The number of aryl methyl sites for hydroxylation is 2. The molecule has 8 nitrogen and oxygen atoms in total. The summed E-state index contributed by atoms with van der Waals surface area (Å²) in [6.07, 6.45) is 3.67. The first kappa shape index (κ1) is 20.8. The Labute approximate surface area is 182 Å². The Kier molecular flexibility index (Phi) is 5.36. The van der Waals surface area contributed by atoms with Crippen molar-refractivity contribution in [2.24, 2.45) is 12.0 Å². The van der Waals surface area contributed by atoms with Crippen molar-refractivity contribution < 1.29 is 14.3 Å². The van der Waals surface area contributed by atoms with E-state index in [-0.39, 0.29) is 5.56 Å². The Bertz CT molecular complexity index is 1380. The third-order valence-electron chi connectivity index (χ3n) is 5.20. The number of ether oxygens (including phenoxy) is 2. The minimum absolute atomic E-state index is 0.221. The fourth-order valence-corrected chi connectivity index (χ4v) is 4.73. The van der Waals surface area contributed by atoms with E-state index in [1.807, 2.05) is 38.4 Å². The molecule has 31 heavy (non-hydrogen) atoms. The Morgan fingerprint density at radius 2 is 1.90 bits per heavy atom. The first-order valence-corrected chi connectivity index (χ1v) is 10.4. The third kappa shape index (κ3) is 3.61. The van der Waals surface area contributed by atoms with Gasteiger partial charge < -0.3 is 9.47 Å². The topological polar surface area (TPSA) is 87.7 Å². The van der Waals surface area contributed by atoms with Crippen LogP contribution in [0.3, 0.4) is 0 Å². The average Bonchev–Trinajstić information content (AvgIpc) is 3.24. The first-order valence-electron chi connectivity index (χ1n) is 9.59. The Morgan fingerprint density at radius 1 is 1.19 bits per heavy atom. The lowest BCUT2D eigenvalue weighted by Crippen LogP contribution is -2.39. The van der Waals surface area contributed by atoms with Gasteiger partial charge in [-0.2, -0.15) is 5.10 Å². The lowest BCUT2D eigenvalue weighted by Gasteiger charge is -2.24. The van der Waals surface area contributed by atoms with Crippen molar-refractivity contribution in [3.8, 4) is 5.75 Å². The van der Waals surface area contributed by atoms with E-state index in [2.05, 4.69) is 10.1 Å². The molecule has 0 radical (unpaired) electrons. The normalized spacial score (nSPS) is 16.2. The van der Waals surface area contributed by atoms with Crippen LogP contribution in [-0.4, -0.2) is 34.5 Å². The largest absolute Gasteiger partial charge is 0.497 e. The lowest BCUT2D eigenvalue weighted by molar-refractivity contribution is -0.136. The number of hydrogen-bond donors (Lipinski definition) is 0. The average molecular weight is 439 g/mol. The van der Waals surface area contributed by atoms with Crippen LogP contribution in [0, 0.1) is 6.92 Å². The van der Waals surface area contributed by atoms with Crippen molar-refractivity contribution in [1.82, 2.24) is 14.3 Å². The number of fused-ring (bicyclic) bond motifs is 1. The molecule has 0 spiro atoms. The van der Waals surface area contributed by atoms with Crippen LogP contribution in [0.5, 0.6) is 5.75 Å². The van der Waals surface area contributed by atoms with E-state index in [9.17, 15) is 9.59 Å². The van der Waals surface area contributed by atoms with Crippen LogP contribution in [0.25, 0.3) is 6.08 Å². The second-order valence-electron chi connectivity index (χ2n) is 7.19. The molecule has 0 fully saturated rings. The maximum atomic E-state index is 13.5. The molecule has 4 rings (SSSR count). The number of esters is 1. The maximum Gasteiger partial charge on any atom is 0.338 e. The number of aromatic nitrogens is 3. The van der Waals surface area contributed by atoms with E-state index in [0.29, 0.717) is 26.4 Å². The summed E-state index contributed by atoms with van der Waals surface area (Å²) in [5.74, 6) is 0.169. The molecule has 1 aliphatic rings. The molecular weight excluding hydrogens is 416 g/mol. The van der Waals surface area contributed by atoms with Gasteiger partial charge in [-0.3, -0.25) is 14.0 Å². The van der Waals surface area contributed by atoms with Crippen LogP contribution in [0.4, 0.5) is 0 Å². The number of methoxy groups -OCH3 is 2. The Balaban J connectivity index is 1.97. The maximum absolute atomic E-state index is 13.5. The van der Waals surface area contributed by atoms with Crippen LogP contribution in [0.2, 0.25) is 0 Å². The van der Waals surface area contributed by atoms with E-state index in [1.54, 1.807) is 35.4 Å². The number of hydrogen-bond acceptors (Lipinski definition) is 7. The van der Waals surface area contributed by atoms with Gasteiger partial charge in [0.25, 0.3) is 5.56 Å². The van der Waals surface area contributed by atoms with Crippen LogP contribution >= 0.6 is 11.3 Å². The number of nitrogens with zero attached hydrogens (tertiary/aromatic N) is 4. The highest BCUT2D eigenvalue weighted by atomic mass is 32.1. The number of rotatable bonds is 4. The zero-order valence-electron chi connectivity index (χ0n) is 17.9. The molecule has 0 saturated carbocycles. The molecule has 0 N–H and O–H groups in total. The minimum Gasteiger partial charge on any atom is -0.497 e. The molecule has 3 aromatic rings. The molecule has 0 aliphatic carbocycles. The SMILES string of the molecule is COC(=O)C1=C(C)N=c2sc(=Cc3cn(C)nc3C)c(=O)n2[C@H]1c1ccc(OC)cc1. The summed E-state index contributed by atoms with van der Waals surface area (Å²) in [4.78, 5) is 31.2. The number of carbonyl (C=O) groups is 1. The molecule has 0 saturated heterocycles. The van der Waals surface area contributed by atoms with E-state index in [4.69, 9.17) is 9.47 Å². The molecule has 2 aromatic heterocycles. The molecule has 0 bridgehead atoms. The number of thiazole rings is 1. The fourth-order valence-electron chi connectivity index (χ4n) is 3.70. The molecule has 1 atom stereocenters. The van der Waals surface area contributed by atoms with E-state index >= 15 is 0 Å². The predicted molar refractivity (Wildman–Crippen MR) is 117 cm³/mol. The zero-order chi connectivity index (χ0) is 22.3. The van der Waals surface area contributed by atoms with Gasteiger partial charge in [0.15, 0.2) is 4.80 Å². The third-order valence-corrected chi connectivity index (χ3v) is 6.18. The predicted octanol–water partition coefficient (Wildman–Crippen LogP) is 1.46. The summed E-state index contributed by atoms with van der Waals surface area (Å²) in [6, 6.07) is 6.64. The zero-order valence-corrected chi connectivity index (χ0v) is 18.7. The van der Waals surface area contributed by atoms with Gasteiger partial charge in [0.1, 0.15) is 5.75 Å². The Morgan fingerprint density at radius 3 is 2.48 bits per heavy atom. The molecule has 9 heteroatoms. The van der Waals surface area contributed by atoms with Gasteiger partial charge >= 0.3 is 5.97 Å². The molecule has 1 aromatic carbocycles. The van der Waals surface area contributed by atoms with Crippen LogP contribution in [0.15, 0.2) is 51.5 Å². The van der Waals surface area contributed by atoms with Gasteiger partial charge in [-0.25, -0.2) is 9.79 Å². The summed E-state index contributed by atoms with van der Waals surface area (Å²) in [5, 5.41) is 4.33. The van der Waals surface area contributed by atoms with Crippen LogP contribution in [0.1, 0.15) is 29.8 Å². The number of allylic oxidation sites excluding steroid dienone is 1. The number of carbonyl (C=O) groups excluding carboxylic acids is 1. The fraction of sp³-hybridized carbons (Fsp3) is 0.273. The van der Waals surface area contributed by atoms with E-state index < -0.39 is 12.0 Å². The molecule has 0 unspecified atom stereocenters. The number of benzene rings is 1. The van der Waals surface area contributed by atoms with Crippen molar-refractivity contribution in [3.63, 3.8) is 0 Å². The second-order valence-corrected chi connectivity index (χ2v) is 8.20. The first-order chi connectivity index (χ1) is 14.8. The van der Waals surface area contributed by atoms with Crippen molar-refractivity contribution >= 4 is 23.4 Å². The summed E-state index contributed by atoms with van der Waals surface area (Å²) in [6.45, 7) is 3.65. The quantitative estimate of drug-likeness (QED) is 0.576. The van der Waals surface area contributed by atoms with Crippen molar-refractivity contribution in [1.29, 1.82) is 0 Å². The summed E-state index contributed by atoms with van der Waals surface area (Å²) >= 11 is 1.29. The van der Waals surface area contributed by atoms with Crippen molar-refractivity contribution in [2.45, 2.75) is 19.9 Å². The molecule has 160 valence electrons. The van der Waals surface area contributed by atoms with Gasteiger partial charge in [0.05, 0.1) is 41.8 Å². The standard InChI is InChI=1S/C22H22N4O4S/c1-12-15(11-25(3)24-12)10-17-20(27)26-19(14-6-8-16(29-4)9-7-14)18(21(28)30-5)13(2)23-22(26)31-17/h6-11,19H,1-5H3/t19-/m0/s1. The van der Waals surface area contributed by atoms with Gasteiger partial charge in [-0.1, -0.05) is 23.5 Å². The van der Waals surface area contributed by atoms with E-state index in [0.717, 1.165) is 16.8 Å². The second kappa shape index (κ2) is 7.99. The van der Waals surface area contributed by atoms with Crippen molar-refractivity contribution in [2.75, 3.05) is 14.2 Å². The van der Waals surface area contributed by atoms with Gasteiger partial charge in [-0.05, 0) is 37.6 Å².